The lowest BCUT2D eigenvalue weighted by atomic mass is 9.84. The third kappa shape index (κ3) is 2.43. The Morgan fingerprint density at radius 1 is 1.47 bits per heavy atom. The van der Waals surface area contributed by atoms with Gasteiger partial charge in [-0.3, -0.25) is 4.79 Å². The molecule has 0 bridgehead atoms. The van der Waals surface area contributed by atoms with E-state index in [1.165, 1.54) is 5.56 Å². The first-order valence-electron chi connectivity index (χ1n) is 5.87. The lowest BCUT2D eigenvalue weighted by Crippen LogP contribution is -2.12. The Hall–Kier alpha value is -1.51. The Balaban J connectivity index is 2.34. The fourth-order valence-corrected chi connectivity index (χ4v) is 2.13. The van der Waals surface area contributed by atoms with Crippen molar-refractivity contribution >= 4 is 5.97 Å². The summed E-state index contributed by atoms with van der Waals surface area (Å²) in [4.78, 5) is 10.8. The minimum absolute atomic E-state index is 0.00944. The summed E-state index contributed by atoms with van der Waals surface area (Å²) in [6, 6.07) is 6.11. The van der Waals surface area contributed by atoms with E-state index in [1.54, 1.807) is 0 Å². The molecule has 0 spiro atoms. The molecule has 17 heavy (non-hydrogen) atoms. The molecule has 0 saturated carbocycles. The van der Waals surface area contributed by atoms with E-state index < -0.39 is 5.97 Å². The van der Waals surface area contributed by atoms with Gasteiger partial charge in [-0.15, -0.1) is 0 Å². The van der Waals surface area contributed by atoms with Crippen LogP contribution in [0.5, 0.6) is 5.75 Å². The molecule has 1 aromatic rings. The molecule has 1 unspecified atom stereocenters. The molecule has 0 saturated heterocycles. The van der Waals surface area contributed by atoms with Gasteiger partial charge < -0.3 is 9.84 Å². The van der Waals surface area contributed by atoms with E-state index >= 15 is 0 Å². The van der Waals surface area contributed by atoms with Gasteiger partial charge in [-0.05, 0) is 17.0 Å². The summed E-state index contributed by atoms with van der Waals surface area (Å²) in [5, 5.41) is 8.87. The number of ether oxygens (including phenoxy) is 1. The van der Waals surface area contributed by atoms with Gasteiger partial charge in [-0.1, -0.05) is 32.9 Å². The van der Waals surface area contributed by atoms with Crippen LogP contribution in [-0.4, -0.2) is 17.7 Å². The van der Waals surface area contributed by atoms with E-state index in [4.69, 9.17) is 9.84 Å². The van der Waals surface area contributed by atoms with Crippen LogP contribution >= 0.6 is 0 Å². The van der Waals surface area contributed by atoms with Gasteiger partial charge >= 0.3 is 5.97 Å². The molecular weight excluding hydrogens is 216 g/mol. The Kier molecular flexibility index (Phi) is 2.86. The Morgan fingerprint density at radius 3 is 2.76 bits per heavy atom. The molecule has 0 aromatic heterocycles. The van der Waals surface area contributed by atoms with E-state index in [2.05, 4.69) is 32.9 Å². The van der Waals surface area contributed by atoms with Crippen molar-refractivity contribution in [2.24, 2.45) is 0 Å². The van der Waals surface area contributed by atoms with Gasteiger partial charge in [0.1, 0.15) is 5.75 Å². The van der Waals surface area contributed by atoms with Crippen LogP contribution in [0, 0.1) is 0 Å². The molecule has 1 atom stereocenters. The molecular formula is C14H18O3. The zero-order valence-electron chi connectivity index (χ0n) is 10.5. The molecule has 1 aromatic carbocycles. The van der Waals surface area contributed by atoms with Gasteiger partial charge in [0, 0.05) is 11.5 Å². The molecule has 1 aliphatic rings. The first kappa shape index (κ1) is 12.0. The summed E-state index contributed by atoms with van der Waals surface area (Å²) in [6.45, 7) is 6.93. The SMILES string of the molecule is CC(C)(C)c1ccc2c(c1)C(CC(=O)O)CO2. The van der Waals surface area contributed by atoms with Crippen LogP contribution in [0.1, 0.15) is 44.2 Å². The van der Waals surface area contributed by atoms with Gasteiger partial charge in [0.15, 0.2) is 0 Å². The molecule has 3 nitrogen and oxygen atoms in total. The van der Waals surface area contributed by atoms with Crippen LogP contribution in [0.2, 0.25) is 0 Å². The maximum atomic E-state index is 10.8. The van der Waals surface area contributed by atoms with E-state index in [-0.39, 0.29) is 17.8 Å². The highest BCUT2D eigenvalue weighted by molar-refractivity contribution is 5.68. The number of fused-ring (bicyclic) bond motifs is 1. The topological polar surface area (TPSA) is 46.5 Å². The summed E-state index contributed by atoms with van der Waals surface area (Å²) >= 11 is 0. The van der Waals surface area contributed by atoms with Crippen LogP contribution in [0.4, 0.5) is 0 Å². The fraction of sp³-hybridized carbons (Fsp3) is 0.500. The Morgan fingerprint density at radius 2 is 2.18 bits per heavy atom. The van der Waals surface area contributed by atoms with E-state index in [0.29, 0.717) is 6.61 Å². The van der Waals surface area contributed by atoms with Gasteiger partial charge in [0.2, 0.25) is 0 Å². The molecule has 92 valence electrons. The number of aliphatic carboxylic acids is 1. The van der Waals surface area contributed by atoms with E-state index in [9.17, 15) is 4.79 Å². The first-order chi connectivity index (χ1) is 7.88. The van der Waals surface area contributed by atoms with Crippen molar-refractivity contribution in [2.75, 3.05) is 6.61 Å². The smallest absolute Gasteiger partial charge is 0.304 e. The molecule has 0 aliphatic carbocycles. The monoisotopic (exact) mass is 234 g/mol. The van der Waals surface area contributed by atoms with Crippen LogP contribution in [0.15, 0.2) is 18.2 Å². The molecule has 0 fully saturated rings. The second-order valence-electron chi connectivity index (χ2n) is 5.61. The number of hydrogen-bond acceptors (Lipinski definition) is 2. The minimum Gasteiger partial charge on any atom is -0.493 e. The van der Waals surface area contributed by atoms with Crippen molar-refractivity contribution in [3.05, 3.63) is 29.3 Å². The third-order valence-corrected chi connectivity index (χ3v) is 3.18. The van der Waals surface area contributed by atoms with Crippen LogP contribution < -0.4 is 4.74 Å². The molecule has 0 amide bonds. The number of rotatable bonds is 2. The van der Waals surface area contributed by atoms with Crippen molar-refractivity contribution in [1.82, 2.24) is 0 Å². The van der Waals surface area contributed by atoms with E-state index in [0.717, 1.165) is 11.3 Å². The normalized spacial score (nSPS) is 18.6. The average Bonchev–Trinajstić information content (AvgIpc) is 2.59. The van der Waals surface area contributed by atoms with Crippen LogP contribution in [-0.2, 0) is 10.2 Å². The second kappa shape index (κ2) is 4.06. The highest BCUT2D eigenvalue weighted by atomic mass is 16.5. The largest absolute Gasteiger partial charge is 0.493 e. The number of benzene rings is 1. The van der Waals surface area contributed by atoms with Gasteiger partial charge in [0.25, 0.3) is 0 Å². The molecule has 0 radical (unpaired) electrons. The fourth-order valence-electron chi connectivity index (χ4n) is 2.13. The Labute approximate surface area is 101 Å². The Bertz CT molecular complexity index is 443. The molecule has 3 heteroatoms. The second-order valence-corrected chi connectivity index (χ2v) is 5.61. The predicted octanol–water partition coefficient (Wildman–Crippen LogP) is 2.93. The quantitative estimate of drug-likeness (QED) is 0.855. The highest BCUT2D eigenvalue weighted by Gasteiger charge is 2.28. The number of carboxylic acids is 1. The number of hydrogen-bond donors (Lipinski definition) is 1. The van der Waals surface area contributed by atoms with E-state index in [1.807, 2.05) is 6.07 Å². The van der Waals surface area contributed by atoms with Crippen molar-refractivity contribution in [3.8, 4) is 5.75 Å². The summed E-state index contributed by atoms with van der Waals surface area (Å²) in [5.74, 6) is 0.0571. The molecule has 2 rings (SSSR count). The zero-order chi connectivity index (χ0) is 12.6. The average molecular weight is 234 g/mol. The van der Waals surface area contributed by atoms with Gasteiger partial charge in [-0.2, -0.15) is 0 Å². The summed E-state index contributed by atoms with van der Waals surface area (Å²) in [6.07, 6.45) is 0.139. The summed E-state index contributed by atoms with van der Waals surface area (Å²) in [5.41, 5.74) is 2.34. The maximum absolute atomic E-state index is 10.8. The predicted molar refractivity (Wildman–Crippen MR) is 65.6 cm³/mol. The van der Waals surface area contributed by atoms with Crippen molar-refractivity contribution in [1.29, 1.82) is 0 Å². The molecule has 1 heterocycles. The molecule has 1 aliphatic heterocycles. The maximum Gasteiger partial charge on any atom is 0.304 e. The summed E-state index contributed by atoms with van der Waals surface area (Å²) < 4.78 is 5.52. The summed E-state index contributed by atoms with van der Waals surface area (Å²) in [7, 11) is 0. The van der Waals surface area contributed by atoms with Crippen LogP contribution in [0.25, 0.3) is 0 Å². The van der Waals surface area contributed by atoms with Gasteiger partial charge in [0.05, 0.1) is 13.0 Å². The lowest BCUT2D eigenvalue weighted by molar-refractivity contribution is -0.137. The number of carboxylic acid groups (broad SMARTS) is 1. The molecule has 1 N–H and O–H groups in total. The van der Waals surface area contributed by atoms with Crippen molar-refractivity contribution < 1.29 is 14.6 Å². The highest BCUT2D eigenvalue weighted by Crippen LogP contribution is 2.38. The lowest BCUT2D eigenvalue weighted by Gasteiger charge is -2.20. The minimum atomic E-state index is -0.771. The standard InChI is InChI=1S/C14H18O3/c1-14(2,3)10-4-5-12-11(7-10)9(8-17-12)6-13(15)16/h4-5,7,9H,6,8H2,1-3H3,(H,15,16). The first-order valence-corrected chi connectivity index (χ1v) is 5.87. The third-order valence-electron chi connectivity index (χ3n) is 3.18. The number of carbonyl (C=O) groups is 1. The van der Waals surface area contributed by atoms with Gasteiger partial charge in [-0.25, -0.2) is 0 Å². The zero-order valence-corrected chi connectivity index (χ0v) is 10.5. The van der Waals surface area contributed by atoms with Crippen molar-refractivity contribution in [2.45, 2.75) is 38.5 Å². The van der Waals surface area contributed by atoms with Crippen molar-refractivity contribution in [3.63, 3.8) is 0 Å². The van der Waals surface area contributed by atoms with Crippen LogP contribution in [0.3, 0.4) is 0 Å².